The van der Waals surface area contributed by atoms with Crippen molar-refractivity contribution in [2.45, 2.75) is 0 Å². The van der Waals surface area contributed by atoms with Gasteiger partial charge in [0.2, 0.25) is 0 Å². The number of benzene rings is 1. The second kappa shape index (κ2) is 5.37. The maximum absolute atomic E-state index is 11.2. The van der Waals surface area contributed by atoms with Crippen molar-refractivity contribution in [2.24, 2.45) is 0 Å². The lowest BCUT2D eigenvalue weighted by Crippen LogP contribution is -2.06. The molecule has 8 nitrogen and oxygen atoms in total. The smallest absolute Gasteiger partial charge is 0.354 e. The molecule has 0 aliphatic heterocycles. The second-order valence-corrected chi connectivity index (χ2v) is 4.03. The third kappa shape index (κ3) is 2.84. The fourth-order valence-corrected chi connectivity index (χ4v) is 1.77. The Kier molecular flexibility index (Phi) is 3.61. The van der Waals surface area contributed by atoms with E-state index in [0.717, 1.165) is 12.3 Å². The molecule has 0 amide bonds. The minimum absolute atomic E-state index is 0.0543. The summed E-state index contributed by atoms with van der Waals surface area (Å²) < 4.78 is 0. The number of aromatic nitrogens is 1. The van der Waals surface area contributed by atoms with Crippen LogP contribution < -0.4 is 0 Å². The summed E-state index contributed by atoms with van der Waals surface area (Å²) in [6.07, 6.45) is 0.917. The Bertz CT molecular complexity index is 756. The van der Waals surface area contributed by atoms with Gasteiger partial charge in [0.15, 0.2) is 0 Å². The Balaban J connectivity index is 2.68. The fraction of sp³-hybridized carbons (Fsp3) is 0. The first kappa shape index (κ1) is 14.1. The van der Waals surface area contributed by atoms with Gasteiger partial charge < -0.3 is 10.2 Å². The predicted octanol–water partition coefficient (Wildman–Crippen LogP) is 2.05. The Hall–Kier alpha value is -3.29. The van der Waals surface area contributed by atoms with Gasteiger partial charge in [0, 0.05) is 23.9 Å². The van der Waals surface area contributed by atoms with E-state index >= 15 is 0 Å². The minimum atomic E-state index is -1.32. The zero-order chi connectivity index (χ0) is 15.6. The standard InChI is InChI=1S/C13H8N2O6/c16-12(17)10-6-14-11(13(18)19)5-9(10)7-2-1-3-8(4-7)15(20)21/h1-6H,(H,16,17)(H,18,19). The number of hydrogen-bond acceptors (Lipinski definition) is 5. The van der Waals surface area contributed by atoms with E-state index in [0.29, 0.717) is 0 Å². The van der Waals surface area contributed by atoms with Crippen molar-refractivity contribution >= 4 is 17.6 Å². The highest BCUT2D eigenvalue weighted by atomic mass is 16.6. The normalized spacial score (nSPS) is 10.1. The van der Waals surface area contributed by atoms with Crippen LogP contribution in [0.2, 0.25) is 0 Å². The van der Waals surface area contributed by atoms with Crippen molar-refractivity contribution in [3.63, 3.8) is 0 Å². The highest BCUT2D eigenvalue weighted by Gasteiger charge is 2.17. The maximum Gasteiger partial charge on any atom is 0.354 e. The van der Waals surface area contributed by atoms with Gasteiger partial charge in [-0.1, -0.05) is 12.1 Å². The third-order valence-corrected chi connectivity index (χ3v) is 2.72. The quantitative estimate of drug-likeness (QED) is 0.650. The Morgan fingerprint density at radius 3 is 2.43 bits per heavy atom. The van der Waals surface area contributed by atoms with Crippen molar-refractivity contribution in [1.82, 2.24) is 4.98 Å². The molecule has 0 fully saturated rings. The van der Waals surface area contributed by atoms with Gasteiger partial charge in [-0.25, -0.2) is 14.6 Å². The fourth-order valence-electron chi connectivity index (χ4n) is 1.77. The van der Waals surface area contributed by atoms with E-state index in [1.54, 1.807) is 0 Å². The van der Waals surface area contributed by atoms with Gasteiger partial charge in [-0.2, -0.15) is 0 Å². The number of nitrogens with zero attached hydrogens (tertiary/aromatic N) is 2. The number of hydrogen-bond donors (Lipinski definition) is 2. The van der Waals surface area contributed by atoms with E-state index in [2.05, 4.69) is 4.98 Å². The topological polar surface area (TPSA) is 131 Å². The first-order valence-electron chi connectivity index (χ1n) is 5.61. The van der Waals surface area contributed by atoms with E-state index < -0.39 is 16.9 Å². The number of pyridine rings is 1. The molecule has 106 valence electrons. The molecule has 0 aliphatic carbocycles. The van der Waals surface area contributed by atoms with Crippen LogP contribution in [0.1, 0.15) is 20.8 Å². The summed E-state index contributed by atoms with van der Waals surface area (Å²) in [6.45, 7) is 0. The van der Waals surface area contributed by atoms with Gasteiger partial charge in [-0.15, -0.1) is 0 Å². The number of nitro benzene ring substituents is 1. The molecule has 0 radical (unpaired) electrons. The Morgan fingerprint density at radius 2 is 1.86 bits per heavy atom. The molecule has 2 N–H and O–H groups in total. The lowest BCUT2D eigenvalue weighted by Gasteiger charge is -2.07. The molecule has 1 aromatic heterocycles. The van der Waals surface area contributed by atoms with Crippen LogP contribution in [-0.2, 0) is 0 Å². The molecule has 0 bridgehead atoms. The predicted molar refractivity (Wildman–Crippen MR) is 70.2 cm³/mol. The van der Waals surface area contributed by atoms with Gasteiger partial charge in [0.25, 0.3) is 5.69 Å². The molecule has 0 aliphatic rings. The van der Waals surface area contributed by atoms with Crippen LogP contribution in [-0.4, -0.2) is 32.1 Å². The van der Waals surface area contributed by atoms with Gasteiger partial charge in [0.1, 0.15) is 5.69 Å². The van der Waals surface area contributed by atoms with Crippen molar-refractivity contribution in [3.05, 3.63) is 57.9 Å². The molecule has 2 rings (SSSR count). The van der Waals surface area contributed by atoms with Crippen molar-refractivity contribution in [3.8, 4) is 11.1 Å². The molecule has 0 unspecified atom stereocenters. The molecule has 8 heteroatoms. The minimum Gasteiger partial charge on any atom is -0.478 e. The van der Waals surface area contributed by atoms with E-state index in [-0.39, 0.29) is 28.1 Å². The number of nitro groups is 1. The van der Waals surface area contributed by atoms with Crippen LogP contribution in [0.3, 0.4) is 0 Å². The van der Waals surface area contributed by atoms with Gasteiger partial charge >= 0.3 is 11.9 Å². The average molecular weight is 288 g/mol. The second-order valence-electron chi connectivity index (χ2n) is 4.03. The van der Waals surface area contributed by atoms with Crippen LogP contribution in [0.25, 0.3) is 11.1 Å². The first-order chi connectivity index (χ1) is 9.90. The summed E-state index contributed by atoms with van der Waals surface area (Å²) in [5.74, 6) is -2.63. The average Bonchev–Trinajstić information content (AvgIpc) is 2.46. The van der Waals surface area contributed by atoms with Gasteiger partial charge in [-0.05, 0) is 11.6 Å². The Labute approximate surface area is 117 Å². The number of aromatic carboxylic acids is 2. The van der Waals surface area contributed by atoms with Crippen LogP contribution in [0.5, 0.6) is 0 Å². The molecule has 0 spiro atoms. The first-order valence-corrected chi connectivity index (χ1v) is 5.61. The summed E-state index contributed by atoms with van der Waals surface area (Å²) in [6, 6.07) is 6.35. The molecule has 0 atom stereocenters. The van der Waals surface area contributed by atoms with Gasteiger partial charge in [-0.3, -0.25) is 10.1 Å². The van der Waals surface area contributed by atoms with Crippen LogP contribution in [0.15, 0.2) is 36.5 Å². The van der Waals surface area contributed by atoms with Crippen molar-refractivity contribution < 1.29 is 24.7 Å². The highest BCUT2D eigenvalue weighted by molar-refractivity contribution is 5.98. The number of carboxylic acid groups (broad SMARTS) is 2. The lowest BCUT2D eigenvalue weighted by molar-refractivity contribution is -0.384. The highest BCUT2D eigenvalue weighted by Crippen LogP contribution is 2.27. The van der Waals surface area contributed by atoms with Crippen LogP contribution in [0, 0.1) is 10.1 Å². The van der Waals surface area contributed by atoms with Crippen LogP contribution >= 0.6 is 0 Å². The van der Waals surface area contributed by atoms with E-state index in [1.165, 1.54) is 24.3 Å². The largest absolute Gasteiger partial charge is 0.478 e. The SMILES string of the molecule is O=C(O)c1cc(-c2cccc([N+](=O)[O-])c2)c(C(=O)O)cn1. The van der Waals surface area contributed by atoms with Crippen molar-refractivity contribution in [1.29, 1.82) is 0 Å². The maximum atomic E-state index is 11.2. The summed E-state index contributed by atoms with van der Waals surface area (Å²) >= 11 is 0. The number of non-ortho nitro benzene ring substituents is 1. The Morgan fingerprint density at radius 1 is 1.14 bits per heavy atom. The number of carboxylic acids is 2. The molecule has 1 heterocycles. The number of rotatable bonds is 4. The van der Waals surface area contributed by atoms with Gasteiger partial charge in [0.05, 0.1) is 10.5 Å². The van der Waals surface area contributed by atoms with E-state index in [1.807, 2.05) is 0 Å². The molecular formula is C13H8N2O6. The lowest BCUT2D eigenvalue weighted by atomic mass is 10.00. The molecule has 0 saturated carbocycles. The summed E-state index contributed by atoms with van der Waals surface area (Å²) in [5, 5.41) is 28.8. The zero-order valence-electron chi connectivity index (χ0n) is 10.4. The molecule has 1 aromatic carbocycles. The monoisotopic (exact) mass is 288 g/mol. The molecule has 21 heavy (non-hydrogen) atoms. The van der Waals surface area contributed by atoms with Crippen LogP contribution in [0.4, 0.5) is 5.69 Å². The number of carbonyl (C=O) groups is 2. The summed E-state index contributed by atoms with van der Waals surface area (Å²) in [5.41, 5.74) is -0.523. The zero-order valence-corrected chi connectivity index (χ0v) is 10.4. The third-order valence-electron chi connectivity index (χ3n) is 2.72. The van der Waals surface area contributed by atoms with E-state index in [4.69, 9.17) is 10.2 Å². The van der Waals surface area contributed by atoms with E-state index in [9.17, 15) is 19.7 Å². The molecular weight excluding hydrogens is 280 g/mol. The molecule has 0 saturated heterocycles. The summed E-state index contributed by atoms with van der Waals surface area (Å²) in [4.78, 5) is 35.8. The summed E-state index contributed by atoms with van der Waals surface area (Å²) in [7, 11) is 0. The molecule has 2 aromatic rings. The van der Waals surface area contributed by atoms with Crippen molar-refractivity contribution in [2.75, 3.05) is 0 Å².